The third-order valence-corrected chi connectivity index (χ3v) is 1.98. The Balaban J connectivity index is 2.22. The maximum Gasteiger partial charge on any atom is 0.0162 e. The van der Waals surface area contributed by atoms with Gasteiger partial charge in [0.2, 0.25) is 0 Å². The second-order valence-corrected chi connectivity index (χ2v) is 3.69. The van der Waals surface area contributed by atoms with E-state index >= 15 is 0 Å². The first-order valence-corrected chi connectivity index (χ1v) is 4.79. The maximum absolute atomic E-state index is 5.64. The summed E-state index contributed by atoms with van der Waals surface area (Å²) in [6.07, 6.45) is 2.98. The van der Waals surface area contributed by atoms with Crippen LogP contribution in [0.15, 0.2) is 18.3 Å². The van der Waals surface area contributed by atoms with Crippen molar-refractivity contribution in [3.63, 3.8) is 0 Å². The second-order valence-electron chi connectivity index (χ2n) is 3.69. The molecule has 3 nitrogen and oxygen atoms in total. The number of H-pyrrole nitrogens is 1. The predicted molar refractivity (Wildman–Crippen MR) is 55.6 cm³/mol. The van der Waals surface area contributed by atoms with E-state index in [-0.39, 0.29) is 6.04 Å². The summed E-state index contributed by atoms with van der Waals surface area (Å²) in [4.78, 5) is 3.18. The molecule has 0 aliphatic heterocycles. The van der Waals surface area contributed by atoms with Crippen molar-refractivity contribution in [1.82, 2.24) is 10.3 Å². The predicted octanol–water partition coefficient (Wildman–Crippen LogP) is 0.882. The lowest BCUT2D eigenvalue weighted by atomic mass is 10.2. The van der Waals surface area contributed by atoms with Crippen LogP contribution in [0.25, 0.3) is 0 Å². The normalized spacial score (nSPS) is 15.6. The third-order valence-electron chi connectivity index (χ3n) is 1.98. The summed E-state index contributed by atoms with van der Waals surface area (Å²) in [7, 11) is 0. The van der Waals surface area contributed by atoms with Crippen molar-refractivity contribution in [3.8, 4) is 0 Å². The van der Waals surface area contributed by atoms with Crippen LogP contribution in [0.1, 0.15) is 19.5 Å². The van der Waals surface area contributed by atoms with Crippen molar-refractivity contribution in [2.45, 2.75) is 32.4 Å². The van der Waals surface area contributed by atoms with Crippen molar-refractivity contribution in [2.75, 3.05) is 6.54 Å². The summed E-state index contributed by atoms with van der Waals surface area (Å²) >= 11 is 0. The van der Waals surface area contributed by atoms with Gasteiger partial charge in [-0.15, -0.1) is 0 Å². The molecule has 0 saturated carbocycles. The number of hydrogen-bond donors (Lipinski definition) is 3. The highest BCUT2D eigenvalue weighted by molar-refractivity contribution is 5.05. The van der Waals surface area contributed by atoms with Crippen LogP contribution in [0.2, 0.25) is 0 Å². The van der Waals surface area contributed by atoms with Crippen molar-refractivity contribution < 1.29 is 0 Å². The molecule has 0 fully saturated rings. The van der Waals surface area contributed by atoms with Gasteiger partial charge in [-0.05, 0) is 26.0 Å². The van der Waals surface area contributed by atoms with Gasteiger partial charge in [-0.25, -0.2) is 0 Å². The molecule has 0 amide bonds. The van der Waals surface area contributed by atoms with Gasteiger partial charge in [0.05, 0.1) is 0 Å². The number of hydrogen-bond acceptors (Lipinski definition) is 2. The Bertz CT molecular complexity index is 216. The Morgan fingerprint density at radius 1 is 1.54 bits per heavy atom. The minimum Gasteiger partial charge on any atom is -0.365 e. The van der Waals surface area contributed by atoms with E-state index in [1.807, 2.05) is 19.2 Å². The average molecular weight is 181 g/mol. The standard InChI is InChI=1S/C10H19N3/c1-8(11)7-13-9(2)6-10-4-3-5-12-10/h3-5,8-9,12-13H,6-7,11H2,1-2H3. The SMILES string of the molecule is CC(N)CNC(C)Cc1ccc[nH]1. The molecule has 0 radical (unpaired) electrons. The van der Waals surface area contributed by atoms with Gasteiger partial charge < -0.3 is 16.0 Å². The fourth-order valence-electron chi connectivity index (χ4n) is 1.28. The van der Waals surface area contributed by atoms with E-state index in [1.54, 1.807) is 0 Å². The van der Waals surface area contributed by atoms with Gasteiger partial charge in [-0.1, -0.05) is 0 Å². The summed E-state index contributed by atoms with van der Waals surface area (Å²) in [5.41, 5.74) is 6.91. The lowest BCUT2D eigenvalue weighted by Crippen LogP contribution is -2.37. The van der Waals surface area contributed by atoms with E-state index in [4.69, 9.17) is 5.73 Å². The zero-order valence-corrected chi connectivity index (χ0v) is 8.38. The minimum absolute atomic E-state index is 0.228. The Hall–Kier alpha value is -0.800. The molecule has 13 heavy (non-hydrogen) atoms. The molecular weight excluding hydrogens is 162 g/mol. The fourth-order valence-corrected chi connectivity index (χ4v) is 1.28. The molecule has 2 unspecified atom stereocenters. The molecule has 0 bridgehead atoms. The highest BCUT2D eigenvalue weighted by Crippen LogP contribution is 1.99. The number of rotatable bonds is 5. The minimum atomic E-state index is 0.228. The molecule has 0 aliphatic rings. The molecule has 0 spiro atoms. The number of nitrogens with one attached hydrogen (secondary N) is 2. The highest BCUT2D eigenvalue weighted by atomic mass is 14.9. The van der Waals surface area contributed by atoms with E-state index in [9.17, 15) is 0 Å². The lowest BCUT2D eigenvalue weighted by Gasteiger charge is -2.14. The Labute approximate surface area is 79.7 Å². The molecule has 1 rings (SSSR count). The van der Waals surface area contributed by atoms with Gasteiger partial charge in [0.25, 0.3) is 0 Å². The molecule has 0 aliphatic carbocycles. The molecule has 0 saturated heterocycles. The van der Waals surface area contributed by atoms with Crippen LogP contribution in [0.3, 0.4) is 0 Å². The largest absolute Gasteiger partial charge is 0.365 e. The molecule has 1 aromatic rings. The summed E-state index contributed by atoms with van der Waals surface area (Å²) in [5, 5.41) is 3.38. The van der Waals surface area contributed by atoms with Crippen LogP contribution in [0.4, 0.5) is 0 Å². The zero-order chi connectivity index (χ0) is 9.68. The number of nitrogens with two attached hydrogens (primary N) is 1. The van der Waals surface area contributed by atoms with Crippen molar-refractivity contribution in [2.24, 2.45) is 5.73 Å². The summed E-state index contributed by atoms with van der Waals surface area (Å²) in [6.45, 7) is 5.06. The number of aromatic amines is 1. The Morgan fingerprint density at radius 2 is 2.31 bits per heavy atom. The Kier molecular flexibility index (Phi) is 3.99. The monoisotopic (exact) mass is 181 g/mol. The van der Waals surface area contributed by atoms with Crippen molar-refractivity contribution in [3.05, 3.63) is 24.0 Å². The van der Waals surface area contributed by atoms with Crippen LogP contribution in [-0.4, -0.2) is 23.6 Å². The van der Waals surface area contributed by atoms with E-state index in [2.05, 4.69) is 23.3 Å². The van der Waals surface area contributed by atoms with Crippen molar-refractivity contribution >= 4 is 0 Å². The molecule has 1 aromatic heterocycles. The summed E-state index contributed by atoms with van der Waals surface area (Å²) in [5.74, 6) is 0. The highest BCUT2D eigenvalue weighted by Gasteiger charge is 2.03. The molecule has 2 atom stereocenters. The van der Waals surface area contributed by atoms with Gasteiger partial charge in [-0.2, -0.15) is 0 Å². The number of aromatic nitrogens is 1. The van der Waals surface area contributed by atoms with E-state index in [0.29, 0.717) is 6.04 Å². The third kappa shape index (κ3) is 4.10. The van der Waals surface area contributed by atoms with Crippen LogP contribution in [0.5, 0.6) is 0 Å². The van der Waals surface area contributed by atoms with Gasteiger partial charge in [0, 0.05) is 36.9 Å². The summed E-state index contributed by atoms with van der Waals surface area (Å²) < 4.78 is 0. The van der Waals surface area contributed by atoms with Crippen molar-refractivity contribution in [1.29, 1.82) is 0 Å². The van der Waals surface area contributed by atoms with Crippen LogP contribution in [-0.2, 0) is 6.42 Å². The first-order chi connectivity index (χ1) is 6.18. The molecule has 1 heterocycles. The Morgan fingerprint density at radius 3 is 2.85 bits per heavy atom. The molecule has 3 heteroatoms. The van der Waals surface area contributed by atoms with E-state index < -0.39 is 0 Å². The van der Waals surface area contributed by atoms with Gasteiger partial charge in [-0.3, -0.25) is 0 Å². The van der Waals surface area contributed by atoms with Gasteiger partial charge in [0.15, 0.2) is 0 Å². The van der Waals surface area contributed by atoms with Crippen LogP contribution >= 0.6 is 0 Å². The average Bonchev–Trinajstić information content (AvgIpc) is 2.53. The van der Waals surface area contributed by atoms with E-state index in [0.717, 1.165) is 13.0 Å². The summed E-state index contributed by atoms with van der Waals surface area (Å²) in [6, 6.07) is 4.83. The first-order valence-electron chi connectivity index (χ1n) is 4.79. The topological polar surface area (TPSA) is 53.8 Å². The van der Waals surface area contributed by atoms with Crippen LogP contribution < -0.4 is 11.1 Å². The fraction of sp³-hybridized carbons (Fsp3) is 0.600. The van der Waals surface area contributed by atoms with Gasteiger partial charge >= 0.3 is 0 Å². The second kappa shape index (κ2) is 5.04. The van der Waals surface area contributed by atoms with Gasteiger partial charge in [0.1, 0.15) is 0 Å². The quantitative estimate of drug-likeness (QED) is 0.631. The molecule has 74 valence electrons. The van der Waals surface area contributed by atoms with Crippen LogP contribution in [0, 0.1) is 0 Å². The maximum atomic E-state index is 5.64. The molecule has 0 aromatic carbocycles. The molecule has 4 N–H and O–H groups in total. The zero-order valence-electron chi connectivity index (χ0n) is 8.38. The lowest BCUT2D eigenvalue weighted by molar-refractivity contribution is 0.511. The smallest absolute Gasteiger partial charge is 0.0162 e. The van der Waals surface area contributed by atoms with E-state index in [1.165, 1.54) is 5.69 Å². The first kappa shape index (κ1) is 10.3. The molecular formula is C10H19N3.